The SMILES string of the molecule is Cc1cc(C)cc([C@@H](C)N(C)C(=O)C2(N3CCNCC3)Cc3ccccc3C2)c1.Cl.Cl. The normalized spacial score (nSPS) is 18.3. The fourth-order valence-corrected chi connectivity index (χ4v) is 5.18. The minimum Gasteiger partial charge on any atom is -0.337 e. The van der Waals surface area contributed by atoms with E-state index >= 15 is 0 Å². The maximum atomic E-state index is 14.1. The molecule has 0 saturated carbocycles. The topological polar surface area (TPSA) is 35.6 Å². The zero-order chi connectivity index (χ0) is 20.6. The molecule has 4 nitrogen and oxygen atoms in total. The van der Waals surface area contributed by atoms with Crippen LogP contribution >= 0.6 is 24.8 Å². The Labute approximate surface area is 199 Å². The van der Waals surface area contributed by atoms with Crippen LogP contribution in [0, 0.1) is 13.8 Å². The van der Waals surface area contributed by atoms with Crippen molar-refractivity contribution in [3.8, 4) is 0 Å². The van der Waals surface area contributed by atoms with E-state index in [0.29, 0.717) is 0 Å². The summed E-state index contributed by atoms with van der Waals surface area (Å²) in [5, 5.41) is 3.44. The average Bonchev–Trinajstić information content (AvgIpc) is 3.13. The van der Waals surface area contributed by atoms with Gasteiger partial charge in [-0.2, -0.15) is 0 Å². The Kier molecular flexibility index (Phi) is 8.57. The van der Waals surface area contributed by atoms with E-state index in [1.54, 1.807) is 0 Å². The van der Waals surface area contributed by atoms with E-state index in [0.717, 1.165) is 39.0 Å². The first-order valence-electron chi connectivity index (χ1n) is 10.8. The smallest absolute Gasteiger partial charge is 0.244 e. The molecule has 1 aliphatic carbocycles. The van der Waals surface area contributed by atoms with Crippen LogP contribution in [0.3, 0.4) is 0 Å². The highest BCUT2D eigenvalue weighted by Crippen LogP contribution is 2.38. The van der Waals surface area contributed by atoms with Crippen molar-refractivity contribution in [2.45, 2.75) is 45.2 Å². The molecule has 0 spiro atoms. The van der Waals surface area contributed by atoms with Crippen LogP contribution < -0.4 is 5.32 Å². The van der Waals surface area contributed by atoms with Crippen LogP contribution in [0.25, 0.3) is 0 Å². The molecule has 170 valence electrons. The highest BCUT2D eigenvalue weighted by Gasteiger charge is 2.50. The Morgan fingerprint density at radius 2 is 1.52 bits per heavy atom. The zero-order valence-electron chi connectivity index (χ0n) is 19.0. The Bertz CT molecular complexity index is 866. The first-order valence-corrected chi connectivity index (χ1v) is 10.8. The molecule has 2 aromatic carbocycles. The lowest BCUT2D eigenvalue weighted by atomic mass is 9.89. The number of halogens is 2. The number of likely N-dealkylation sites (N-methyl/N-ethyl adjacent to an activating group) is 1. The third-order valence-electron chi connectivity index (χ3n) is 6.83. The molecule has 1 aliphatic heterocycles. The van der Waals surface area contributed by atoms with Crippen molar-refractivity contribution in [3.63, 3.8) is 0 Å². The molecule has 6 heteroatoms. The van der Waals surface area contributed by atoms with Gasteiger partial charge in [-0.1, -0.05) is 53.6 Å². The van der Waals surface area contributed by atoms with Crippen LogP contribution in [0.15, 0.2) is 42.5 Å². The van der Waals surface area contributed by atoms with Gasteiger partial charge in [0.25, 0.3) is 0 Å². The van der Waals surface area contributed by atoms with Crippen molar-refractivity contribution in [1.29, 1.82) is 0 Å². The first kappa shape index (κ1) is 25.7. The Morgan fingerprint density at radius 3 is 2.03 bits per heavy atom. The number of hydrogen-bond acceptors (Lipinski definition) is 3. The second kappa shape index (κ2) is 10.4. The van der Waals surface area contributed by atoms with Gasteiger partial charge in [0.1, 0.15) is 5.54 Å². The van der Waals surface area contributed by atoms with Crippen molar-refractivity contribution in [2.24, 2.45) is 0 Å². The summed E-state index contributed by atoms with van der Waals surface area (Å²) in [5.41, 5.74) is 5.90. The van der Waals surface area contributed by atoms with E-state index in [2.05, 4.69) is 73.5 Å². The fourth-order valence-electron chi connectivity index (χ4n) is 5.18. The summed E-state index contributed by atoms with van der Waals surface area (Å²) in [4.78, 5) is 18.5. The molecule has 1 atom stereocenters. The third kappa shape index (κ3) is 4.93. The quantitative estimate of drug-likeness (QED) is 0.740. The van der Waals surface area contributed by atoms with Gasteiger partial charge in [0.2, 0.25) is 5.91 Å². The van der Waals surface area contributed by atoms with Gasteiger partial charge in [-0.25, -0.2) is 0 Å². The number of fused-ring (bicyclic) bond motifs is 1. The van der Waals surface area contributed by atoms with E-state index in [1.165, 1.54) is 27.8 Å². The van der Waals surface area contributed by atoms with Crippen LogP contribution in [0.2, 0.25) is 0 Å². The molecule has 1 fully saturated rings. The van der Waals surface area contributed by atoms with Crippen LogP contribution in [0.5, 0.6) is 0 Å². The van der Waals surface area contributed by atoms with Crippen molar-refractivity contribution in [2.75, 3.05) is 33.2 Å². The molecular formula is C25H35Cl2N3O. The van der Waals surface area contributed by atoms with Gasteiger partial charge < -0.3 is 10.2 Å². The number of nitrogens with zero attached hydrogens (tertiary/aromatic N) is 2. The van der Waals surface area contributed by atoms with Gasteiger partial charge in [-0.05, 0) is 37.5 Å². The fraction of sp³-hybridized carbons (Fsp3) is 0.480. The second-order valence-corrected chi connectivity index (χ2v) is 8.90. The van der Waals surface area contributed by atoms with Gasteiger partial charge >= 0.3 is 0 Å². The highest BCUT2D eigenvalue weighted by atomic mass is 35.5. The molecule has 0 unspecified atom stereocenters. The van der Waals surface area contributed by atoms with E-state index in [-0.39, 0.29) is 36.8 Å². The maximum absolute atomic E-state index is 14.1. The monoisotopic (exact) mass is 463 g/mol. The van der Waals surface area contributed by atoms with Gasteiger partial charge in [0.05, 0.1) is 6.04 Å². The van der Waals surface area contributed by atoms with Crippen molar-refractivity contribution >= 4 is 30.7 Å². The average molecular weight is 464 g/mol. The van der Waals surface area contributed by atoms with Gasteiger partial charge in [0, 0.05) is 46.1 Å². The van der Waals surface area contributed by atoms with Crippen LogP contribution in [-0.4, -0.2) is 54.5 Å². The van der Waals surface area contributed by atoms with E-state index in [1.807, 2.05) is 11.9 Å². The molecule has 0 bridgehead atoms. The second-order valence-electron chi connectivity index (χ2n) is 8.90. The maximum Gasteiger partial charge on any atom is 0.244 e. The van der Waals surface area contributed by atoms with Crippen LogP contribution in [0.4, 0.5) is 0 Å². The largest absolute Gasteiger partial charge is 0.337 e. The van der Waals surface area contributed by atoms with E-state index in [4.69, 9.17) is 0 Å². The van der Waals surface area contributed by atoms with Crippen LogP contribution in [-0.2, 0) is 17.6 Å². The van der Waals surface area contributed by atoms with E-state index < -0.39 is 5.54 Å². The molecule has 1 saturated heterocycles. The molecular weight excluding hydrogens is 429 g/mol. The molecule has 1 amide bonds. The molecule has 1 N–H and O–H groups in total. The number of hydrogen-bond donors (Lipinski definition) is 1. The zero-order valence-corrected chi connectivity index (χ0v) is 20.6. The molecule has 4 rings (SSSR count). The lowest BCUT2D eigenvalue weighted by Crippen LogP contribution is -2.64. The minimum absolute atomic E-state index is 0. The number of carbonyl (C=O) groups is 1. The van der Waals surface area contributed by atoms with Crippen molar-refractivity contribution < 1.29 is 4.79 Å². The number of aryl methyl sites for hydroxylation is 2. The van der Waals surface area contributed by atoms with Gasteiger partial charge in [-0.15, -0.1) is 24.8 Å². The Morgan fingerprint density at radius 1 is 1.00 bits per heavy atom. The van der Waals surface area contributed by atoms with Gasteiger partial charge in [-0.3, -0.25) is 9.69 Å². The number of rotatable bonds is 4. The minimum atomic E-state index is -0.465. The predicted octanol–water partition coefficient (Wildman–Crippen LogP) is 4.11. The number of amides is 1. The number of piperazine rings is 1. The number of nitrogens with one attached hydrogen (secondary N) is 1. The summed E-state index contributed by atoms with van der Waals surface area (Å²) >= 11 is 0. The number of benzene rings is 2. The molecule has 1 heterocycles. The first-order chi connectivity index (χ1) is 13.9. The third-order valence-corrected chi connectivity index (χ3v) is 6.83. The molecule has 0 radical (unpaired) electrons. The summed E-state index contributed by atoms with van der Waals surface area (Å²) in [6.07, 6.45) is 1.62. The molecule has 0 aromatic heterocycles. The lowest BCUT2D eigenvalue weighted by molar-refractivity contribution is -0.145. The summed E-state index contributed by atoms with van der Waals surface area (Å²) < 4.78 is 0. The summed E-state index contributed by atoms with van der Waals surface area (Å²) in [7, 11) is 1.98. The standard InChI is InChI=1S/C25H33N3O.2ClH/c1-18-13-19(2)15-23(14-18)20(3)27(4)24(29)25(28-11-9-26-10-12-28)16-21-7-5-6-8-22(21)17-25;;/h5-8,13-15,20,26H,9-12,16-17H2,1-4H3;2*1H/t20-;;/m1../s1. The predicted molar refractivity (Wildman–Crippen MR) is 133 cm³/mol. The number of carbonyl (C=O) groups excluding carboxylic acids is 1. The highest BCUT2D eigenvalue weighted by molar-refractivity contribution is 5.88. The molecule has 2 aliphatic rings. The summed E-state index contributed by atoms with van der Waals surface area (Å²) in [6.45, 7) is 10.1. The lowest BCUT2D eigenvalue weighted by Gasteiger charge is -2.45. The van der Waals surface area contributed by atoms with E-state index in [9.17, 15) is 4.79 Å². The van der Waals surface area contributed by atoms with Gasteiger partial charge in [0.15, 0.2) is 0 Å². The molecule has 2 aromatic rings. The Hall–Kier alpha value is -1.59. The summed E-state index contributed by atoms with van der Waals surface area (Å²) in [5.74, 6) is 0.252. The van der Waals surface area contributed by atoms with Crippen molar-refractivity contribution in [3.05, 3.63) is 70.3 Å². The Balaban J connectivity index is 0.00000171. The molecule has 31 heavy (non-hydrogen) atoms. The van der Waals surface area contributed by atoms with Crippen LogP contribution in [0.1, 0.15) is 40.8 Å². The van der Waals surface area contributed by atoms with Crippen molar-refractivity contribution in [1.82, 2.24) is 15.1 Å². The summed E-state index contributed by atoms with van der Waals surface area (Å²) in [6, 6.07) is 15.2.